The second-order valence-electron chi connectivity index (χ2n) is 6.70. The predicted octanol–water partition coefficient (Wildman–Crippen LogP) is 3.54. The minimum atomic E-state index is -0.675. The van der Waals surface area contributed by atoms with Gasteiger partial charge < -0.3 is 15.5 Å². The number of hydrogen-bond donors (Lipinski definition) is 2. The second kappa shape index (κ2) is 8.68. The third-order valence-corrected chi connectivity index (χ3v) is 5.03. The monoisotopic (exact) mass is 451 g/mol. The Labute approximate surface area is 170 Å². The highest BCUT2D eigenvalue weighted by molar-refractivity contribution is 9.10. The molecule has 1 aliphatic rings. The van der Waals surface area contributed by atoms with Gasteiger partial charge in [-0.15, -0.1) is 0 Å². The normalized spacial score (nSPS) is 13.1. The zero-order valence-electron chi connectivity index (χ0n) is 15.3. The molecule has 0 saturated heterocycles. The van der Waals surface area contributed by atoms with Crippen molar-refractivity contribution in [3.05, 3.63) is 57.6 Å². The molecule has 8 heteroatoms. The first-order chi connectivity index (χ1) is 13.3. The van der Waals surface area contributed by atoms with E-state index >= 15 is 0 Å². The summed E-state index contributed by atoms with van der Waals surface area (Å²) in [4.78, 5) is 25.9. The van der Waals surface area contributed by atoms with Crippen molar-refractivity contribution in [1.82, 2.24) is 5.32 Å². The summed E-state index contributed by atoms with van der Waals surface area (Å²) in [6, 6.07) is 7.58. The molecule has 0 bridgehead atoms. The van der Waals surface area contributed by atoms with E-state index in [1.54, 1.807) is 11.0 Å². The van der Waals surface area contributed by atoms with Crippen LogP contribution in [0.3, 0.4) is 0 Å². The largest absolute Gasteiger partial charge is 0.360 e. The molecule has 3 rings (SSSR count). The number of halogens is 3. The first kappa shape index (κ1) is 20.3. The molecule has 0 fully saturated rings. The van der Waals surface area contributed by atoms with Gasteiger partial charge in [-0.3, -0.25) is 9.59 Å². The topological polar surface area (TPSA) is 61.4 Å². The predicted molar refractivity (Wildman–Crippen MR) is 107 cm³/mol. The molecule has 0 unspecified atom stereocenters. The van der Waals surface area contributed by atoms with Crippen LogP contribution in [0.15, 0.2) is 34.8 Å². The number of nitrogens with one attached hydrogen (secondary N) is 2. The lowest BCUT2D eigenvalue weighted by Gasteiger charge is -2.31. The van der Waals surface area contributed by atoms with Crippen molar-refractivity contribution in [3.8, 4) is 0 Å². The summed E-state index contributed by atoms with van der Waals surface area (Å²) in [5.41, 5.74) is 2.37. The van der Waals surface area contributed by atoms with E-state index < -0.39 is 17.5 Å². The second-order valence-corrected chi connectivity index (χ2v) is 7.62. The van der Waals surface area contributed by atoms with Crippen LogP contribution < -0.4 is 15.5 Å². The molecule has 2 amide bonds. The van der Waals surface area contributed by atoms with E-state index in [9.17, 15) is 18.4 Å². The molecule has 1 aliphatic heterocycles. The minimum absolute atomic E-state index is 0.0971. The molecule has 2 aromatic carbocycles. The molecule has 5 nitrogen and oxygen atoms in total. The number of hydrogen-bond acceptors (Lipinski definition) is 3. The number of carbonyl (C=O) groups excluding carboxylic acids is 2. The summed E-state index contributed by atoms with van der Waals surface area (Å²) in [5, 5.41) is 5.28. The molecule has 0 radical (unpaired) electrons. The Morgan fingerprint density at radius 2 is 1.96 bits per heavy atom. The highest BCUT2D eigenvalue weighted by Crippen LogP contribution is 2.30. The van der Waals surface area contributed by atoms with Crippen LogP contribution in [0.4, 0.5) is 20.2 Å². The summed E-state index contributed by atoms with van der Waals surface area (Å²) in [6.45, 7) is 2.07. The van der Waals surface area contributed by atoms with Crippen LogP contribution in [0.1, 0.15) is 17.5 Å². The third-order valence-electron chi connectivity index (χ3n) is 4.54. The van der Waals surface area contributed by atoms with Crippen molar-refractivity contribution in [3.63, 3.8) is 0 Å². The maximum atomic E-state index is 14.2. The van der Waals surface area contributed by atoms with Crippen LogP contribution in [0.5, 0.6) is 0 Å². The number of rotatable bonds is 5. The van der Waals surface area contributed by atoms with Gasteiger partial charge in [0.15, 0.2) is 0 Å². The molecule has 2 aromatic rings. The fourth-order valence-electron chi connectivity index (χ4n) is 3.26. The van der Waals surface area contributed by atoms with Crippen LogP contribution >= 0.6 is 15.9 Å². The van der Waals surface area contributed by atoms with E-state index in [0.717, 1.165) is 16.1 Å². The Hall–Kier alpha value is -2.48. The van der Waals surface area contributed by atoms with Gasteiger partial charge in [0.25, 0.3) is 0 Å². The zero-order valence-corrected chi connectivity index (χ0v) is 16.9. The molecular weight excluding hydrogens is 432 g/mol. The fourth-order valence-corrected chi connectivity index (χ4v) is 3.74. The average molecular weight is 452 g/mol. The molecule has 0 aromatic heterocycles. The van der Waals surface area contributed by atoms with Gasteiger partial charge in [0.05, 0.1) is 18.8 Å². The van der Waals surface area contributed by atoms with E-state index in [1.807, 2.05) is 19.1 Å². The van der Waals surface area contributed by atoms with E-state index in [4.69, 9.17) is 0 Å². The zero-order chi connectivity index (χ0) is 20.3. The van der Waals surface area contributed by atoms with Crippen molar-refractivity contribution in [1.29, 1.82) is 0 Å². The van der Waals surface area contributed by atoms with Gasteiger partial charge in [-0.1, -0.05) is 15.9 Å². The third kappa shape index (κ3) is 4.86. The van der Waals surface area contributed by atoms with Gasteiger partial charge in [0.1, 0.15) is 11.6 Å². The average Bonchev–Trinajstić information content (AvgIpc) is 2.62. The standard InChI is InChI=1S/C20H20BrF2N3O2/c1-12-7-14(21)4-5-17(12)25-18(27)10-24-19(28)11-26-6-2-3-13-8-15(22)9-16(23)20(13)26/h4-5,7-9H,2-3,6,10-11H2,1H3,(H,24,28)(H,25,27). The van der Waals surface area contributed by atoms with Crippen molar-refractivity contribution in [2.45, 2.75) is 19.8 Å². The lowest BCUT2D eigenvalue weighted by atomic mass is 10.0. The quantitative estimate of drug-likeness (QED) is 0.730. The number of anilines is 2. The Morgan fingerprint density at radius 1 is 1.18 bits per heavy atom. The molecule has 1 heterocycles. The van der Waals surface area contributed by atoms with Crippen molar-refractivity contribution in [2.24, 2.45) is 0 Å². The number of aryl methyl sites for hydroxylation is 2. The molecule has 0 atom stereocenters. The molecule has 0 aliphatic carbocycles. The molecule has 0 spiro atoms. The summed E-state index contributed by atoms with van der Waals surface area (Å²) in [5.74, 6) is -2.06. The van der Waals surface area contributed by atoms with Gasteiger partial charge in [-0.25, -0.2) is 8.78 Å². The van der Waals surface area contributed by atoms with Crippen molar-refractivity contribution >= 4 is 39.1 Å². The molecular formula is C20H20BrF2N3O2. The van der Waals surface area contributed by atoms with E-state index in [-0.39, 0.29) is 24.7 Å². The lowest BCUT2D eigenvalue weighted by Crippen LogP contribution is -2.42. The number of fused-ring (bicyclic) bond motifs is 1. The Kier molecular flexibility index (Phi) is 6.28. The van der Waals surface area contributed by atoms with Gasteiger partial charge in [-0.2, -0.15) is 0 Å². The molecule has 2 N–H and O–H groups in total. The number of carbonyl (C=O) groups is 2. The smallest absolute Gasteiger partial charge is 0.243 e. The Balaban J connectivity index is 1.56. The number of nitrogens with zero attached hydrogens (tertiary/aromatic N) is 1. The minimum Gasteiger partial charge on any atom is -0.360 e. The summed E-state index contributed by atoms with van der Waals surface area (Å²) < 4.78 is 28.5. The van der Waals surface area contributed by atoms with E-state index in [1.165, 1.54) is 6.07 Å². The lowest BCUT2D eigenvalue weighted by molar-refractivity contribution is -0.123. The van der Waals surface area contributed by atoms with E-state index in [2.05, 4.69) is 26.6 Å². The van der Waals surface area contributed by atoms with Gasteiger partial charge in [0.2, 0.25) is 11.8 Å². The Morgan fingerprint density at radius 3 is 2.71 bits per heavy atom. The first-order valence-electron chi connectivity index (χ1n) is 8.89. The summed E-state index contributed by atoms with van der Waals surface area (Å²) in [6.07, 6.45) is 1.27. The van der Waals surface area contributed by atoms with Gasteiger partial charge in [-0.05, 0) is 55.2 Å². The van der Waals surface area contributed by atoms with Crippen molar-refractivity contribution in [2.75, 3.05) is 29.9 Å². The number of benzene rings is 2. The molecule has 0 saturated carbocycles. The van der Waals surface area contributed by atoms with Crippen molar-refractivity contribution < 1.29 is 18.4 Å². The maximum absolute atomic E-state index is 14.2. The SMILES string of the molecule is Cc1cc(Br)ccc1NC(=O)CNC(=O)CN1CCCc2cc(F)cc(F)c21. The number of amides is 2. The first-order valence-corrected chi connectivity index (χ1v) is 9.68. The van der Waals surface area contributed by atoms with E-state index in [0.29, 0.717) is 30.6 Å². The van der Waals surface area contributed by atoms with Gasteiger partial charge >= 0.3 is 0 Å². The fraction of sp³-hybridized carbons (Fsp3) is 0.300. The molecule has 28 heavy (non-hydrogen) atoms. The highest BCUT2D eigenvalue weighted by atomic mass is 79.9. The Bertz CT molecular complexity index is 921. The molecule has 148 valence electrons. The summed E-state index contributed by atoms with van der Waals surface area (Å²) in [7, 11) is 0. The van der Waals surface area contributed by atoms with Crippen LogP contribution in [-0.2, 0) is 16.0 Å². The van der Waals surface area contributed by atoms with Crippen LogP contribution in [-0.4, -0.2) is 31.4 Å². The highest BCUT2D eigenvalue weighted by Gasteiger charge is 2.23. The van der Waals surface area contributed by atoms with Gasteiger partial charge in [0, 0.05) is 22.8 Å². The van der Waals surface area contributed by atoms with Crippen LogP contribution in [0.2, 0.25) is 0 Å². The van der Waals surface area contributed by atoms with Crippen LogP contribution in [0.25, 0.3) is 0 Å². The summed E-state index contributed by atoms with van der Waals surface area (Å²) >= 11 is 3.36. The maximum Gasteiger partial charge on any atom is 0.243 e. The van der Waals surface area contributed by atoms with Crippen LogP contribution in [0, 0.1) is 18.6 Å².